The van der Waals surface area contributed by atoms with Crippen LogP contribution in [0.3, 0.4) is 0 Å². The van der Waals surface area contributed by atoms with Crippen molar-refractivity contribution >= 4 is 17.6 Å². The lowest BCUT2D eigenvalue weighted by Gasteiger charge is -2.13. The summed E-state index contributed by atoms with van der Waals surface area (Å²) in [7, 11) is 0. The van der Waals surface area contributed by atoms with Gasteiger partial charge >= 0.3 is 5.97 Å². The zero-order chi connectivity index (χ0) is 17.0. The highest BCUT2D eigenvalue weighted by atomic mass is 16.4. The number of aromatic nitrogens is 1. The molecule has 0 spiro atoms. The smallest absolute Gasteiger partial charge is 0.335 e. The first-order valence-electron chi connectivity index (χ1n) is 7.57. The zero-order valence-corrected chi connectivity index (χ0v) is 13.5. The average molecular weight is 312 g/mol. The number of ketones is 1. The van der Waals surface area contributed by atoms with Crippen LogP contribution in [-0.2, 0) is 0 Å². The van der Waals surface area contributed by atoms with Crippen molar-refractivity contribution in [2.24, 2.45) is 5.92 Å². The first-order chi connectivity index (χ1) is 10.9. The minimum absolute atomic E-state index is 0.0271. The van der Waals surface area contributed by atoms with Crippen LogP contribution in [0, 0.1) is 5.92 Å². The summed E-state index contributed by atoms with van der Waals surface area (Å²) in [6.45, 7) is 6.28. The largest absolute Gasteiger partial charge is 0.478 e. The lowest BCUT2D eigenvalue weighted by atomic mass is 10.00. The molecule has 0 bridgehead atoms. The SMILES string of the molecule is CCNc1nc(-c2cccc(C(=O)O)c2)ccc1C(=O)C(C)C. The van der Waals surface area contributed by atoms with E-state index in [1.54, 1.807) is 30.3 Å². The molecule has 2 rings (SSSR count). The average Bonchev–Trinajstić information content (AvgIpc) is 2.54. The lowest BCUT2D eigenvalue weighted by Crippen LogP contribution is -2.13. The number of carbonyl (C=O) groups excluding carboxylic acids is 1. The molecular weight excluding hydrogens is 292 g/mol. The summed E-state index contributed by atoms with van der Waals surface area (Å²) in [6.07, 6.45) is 0. The van der Waals surface area contributed by atoms with Crippen LogP contribution in [-0.4, -0.2) is 28.4 Å². The van der Waals surface area contributed by atoms with Crippen molar-refractivity contribution in [3.05, 3.63) is 47.5 Å². The molecule has 0 unspecified atom stereocenters. The molecule has 0 aliphatic rings. The van der Waals surface area contributed by atoms with E-state index in [-0.39, 0.29) is 17.3 Å². The number of carboxylic acids is 1. The third-order valence-corrected chi connectivity index (χ3v) is 3.43. The van der Waals surface area contributed by atoms with E-state index in [4.69, 9.17) is 5.11 Å². The van der Waals surface area contributed by atoms with Gasteiger partial charge in [-0.3, -0.25) is 4.79 Å². The molecular formula is C18H20N2O3. The summed E-state index contributed by atoms with van der Waals surface area (Å²) in [5.74, 6) is -0.538. The Kier molecular flexibility index (Phi) is 5.11. The van der Waals surface area contributed by atoms with Gasteiger partial charge in [-0.2, -0.15) is 0 Å². The summed E-state index contributed by atoms with van der Waals surface area (Å²) in [5, 5.41) is 12.2. The fourth-order valence-electron chi connectivity index (χ4n) is 2.24. The van der Waals surface area contributed by atoms with E-state index >= 15 is 0 Å². The highest BCUT2D eigenvalue weighted by Crippen LogP contribution is 2.24. The van der Waals surface area contributed by atoms with Crippen molar-refractivity contribution < 1.29 is 14.7 Å². The maximum Gasteiger partial charge on any atom is 0.335 e. The van der Waals surface area contributed by atoms with Crippen LogP contribution >= 0.6 is 0 Å². The molecule has 0 atom stereocenters. The predicted molar refractivity (Wildman–Crippen MR) is 90.0 cm³/mol. The van der Waals surface area contributed by atoms with Crippen molar-refractivity contribution in [3.63, 3.8) is 0 Å². The number of carboxylic acid groups (broad SMARTS) is 1. The highest BCUT2D eigenvalue weighted by molar-refractivity contribution is 6.02. The van der Waals surface area contributed by atoms with Gasteiger partial charge in [0.05, 0.1) is 16.8 Å². The van der Waals surface area contributed by atoms with Crippen molar-refractivity contribution in [2.75, 3.05) is 11.9 Å². The third kappa shape index (κ3) is 3.74. The molecule has 1 heterocycles. The van der Waals surface area contributed by atoms with Crippen LogP contribution < -0.4 is 5.32 Å². The van der Waals surface area contributed by atoms with Crippen LogP contribution in [0.4, 0.5) is 5.82 Å². The zero-order valence-electron chi connectivity index (χ0n) is 13.5. The quantitative estimate of drug-likeness (QED) is 0.795. The summed E-state index contributed by atoms with van der Waals surface area (Å²) in [4.78, 5) is 27.9. The second-order valence-corrected chi connectivity index (χ2v) is 5.53. The number of nitrogens with one attached hydrogen (secondary N) is 1. The number of anilines is 1. The second-order valence-electron chi connectivity index (χ2n) is 5.53. The highest BCUT2D eigenvalue weighted by Gasteiger charge is 2.17. The van der Waals surface area contributed by atoms with E-state index < -0.39 is 5.97 Å². The molecule has 0 fully saturated rings. The van der Waals surface area contributed by atoms with Gasteiger partial charge in [-0.15, -0.1) is 0 Å². The van der Waals surface area contributed by atoms with Gasteiger partial charge in [-0.05, 0) is 31.2 Å². The Morgan fingerprint density at radius 1 is 1.22 bits per heavy atom. The van der Waals surface area contributed by atoms with Crippen molar-refractivity contribution in [3.8, 4) is 11.3 Å². The Balaban J connectivity index is 2.49. The first-order valence-corrected chi connectivity index (χ1v) is 7.57. The van der Waals surface area contributed by atoms with E-state index in [1.165, 1.54) is 6.07 Å². The van der Waals surface area contributed by atoms with Gasteiger partial charge in [0, 0.05) is 18.0 Å². The Morgan fingerprint density at radius 3 is 2.57 bits per heavy atom. The van der Waals surface area contributed by atoms with Gasteiger partial charge in [-0.1, -0.05) is 26.0 Å². The molecule has 0 amide bonds. The molecule has 0 saturated heterocycles. The number of benzene rings is 1. The van der Waals surface area contributed by atoms with Gasteiger partial charge in [0.25, 0.3) is 0 Å². The summed E-state index contributed by atoms with van der Waals surface area (Å²) in [6, 6.07) is 10.1. The van der Waals surface area contributed by atoms with Crippen LogP contribution in [0.2, 0.25) is 0 Å². The normalized spacial score (nSPS) is 10.6. The summed E-state index contributed by atoms with van der Waals surface area (Å²) in [5.41, 5.74) is 2.09. The second kappa shape index (κ2) is 7.05. The Morgan fingerprint density at radius 2 is 1.96 bits per heavy atom. The Hall–Kier alpha value is -2.69. The Bertz CT molecular complexity index is 739. The number of Topliss-reactive ketones (excluding diaryl/α,β-unsaturated/α-hetero) is 1. The molecule has 0 saturated carbocycles. The molecule has 2 N–H and O–H groups in total. The fraction of sp³-hybridized carbons (Fsp3) is 0.278. The van der Waals surface area contributed by atoms with E-state index in [0.717, 1.165) is 0 Å². The van der Waals surface area contributed by atoms with Crippen molar-refractivity contribution in [1.29, 1.82) is 0 Å². The monoisotopic (exact) mass is 312 g/mol. The molecule has 2 aromatic rings. The number of carbonyl (C=O) groups is 2. The molecule has 0 aliphatic heterocycles. The van der Waals surface area contributed by atoms with Crippen LogP contribution in [0.15, 0.2) is 36.4 Å². The van der Waals surface area contributed by atoms with Crippen LogP contribution in [0.1, 0.15) is 41.5 Å². The standard InChI is InChI=1S/C18H20N2O3/c1-4-19-17-14(16(21)11(2)3)8-9-15(20-17)12-6-5-7-13(10-12)18(22)23/h5-11H,4H2,1-3H3,(H,19,20)(H,22,23). The topological polar surface area (TPSA) is 79.3 Å². The Labute approximate surface area is 135 Å². The van der Waals surface area contributed by atoms with E-state index in [1.807, 2.05) is 20.8 Å². The summed E-state index contributed by atoms with van der Waals surface area (Å²) < 4.78 is 0. The number of aromatic carboxylic acids is 1. The molecule has 1 aromatic carbocycles. The number of hydrogen-bond acceptors (Lipinski definition) is 4. The maximum absolute atomic E-state index is 12.3. The molecule has 120 valence electrons. The van der Waals surface area contributed by atoms with E-state index in [9.17, 15) is 9.59 Å². The molecule has 0 aliphatic carbocycles. The number of pyridine rings is 1. The molecule has 1 aromatic heterocycles. The lowest BCUT2D eigenvalue weighted by molar-refractivity contribution is 0.0696. The minimum Gasteiger partial charge on any atom is -0.478 e. The predicted octanol–water partition coefficient (Wildman–Crippen LogP) is 3.72. The number of hydrogen-bond donors (Lipinski definition) is 2. The minimum atomic E-state index is -0.981. The molecule has 5 nitrogen and oxygen atoms in total. The summed E-state index contributed by atoms with van der Waals surface area (Å²) >= 11 is 0. The van der Waals surface area contributed by atoms with E-state index in [0.29, 0.717) is 29.2 Å². The van der Waals surface area contributed by atoms with Crippen LogP contribution in [0.5, 0.6) is 0 Å². The van der Waals surface area contributed by atoms with Gasteiger partial charge in [0.2, 0.25) is 0 Å². The van der Waals surface area contributed by atoms with Gasteiger partial charge in [0.1, 0.15) is 5.82 Å². The fourth-order valence-corrected chi connectivity index (χ4v) is 2.24. The third-order valence-electron chi connectivity index (χ3n) is 3.43. The molecule has 23 heavy (non-hydrogen) atoms. The molecule has 0 radical (unpaired) electrons. The number of rotatable bonds is 6. The van der Waals surface area contributed by atoms with Gasteiger partial charge in [0.15, 0.2) is 5.78 Å². The van der Waals surface area contributed by atoms with Crippen LogP contribution in [0.25, 0.3) is 11.3 Å². The maximum atomic E-state index is 12.3. The van der Waals surface area contributed by atoms with E-state index in [2.05, 4.69) is 10.3 Å². The first kappa shape index (κ1) is 16.7. The van der Waals surface area contributed by atoms with Crippen molar-refractivity contribution in [1.82, 2.24) is 4.98 Å². The molecule has 5 heteroatoms. The van der Waals surface area contributed by atoms with Gasteiger partial charge < -0.3 is 10.4 Å². The van der Waals surface area contributed by atoms with Crippen molar-refractivity contribution in [2.45, 2.75) is 20.8 Å². The number of nitrogens with zero attached hydrogens (tertiary/aromatic N) is 1. The van der Waals surface area contributed by atoms with Gasteiger partial charge in [-0.25, -0.2) is 9.78 Å².